The van der Waals surface area contributed by atoms with Crippen molar-refractivity contribution in [3.63, 3.8) is 0 Å². The summed E-state index contributed by atoms with van der Waals surface area (Å²) in [6.45, 7) is 5.54. The molecular formula is C16H24N2O2S. The number of aliphatic hydroxyl groups excluding tert-OH is 1. The van der Waals surface area contributed by atoms with E-state index in [4.69, 9.17) is 22.7 Å². The Bertz CT molecular complexity index is 464. The summed E-state index contributed by atoms with van der Waals surface area (Å²) in [5, 5.41) is 9.71. The van der Waals surface area contributed by atoms with Crippen LogP contribution in [-0.4, -0.2) is 47.3 Å². The summed E-state index contributed by atoms with van der Waals surface area (Å²) in [7, 11) is 0. The summed E-state index contributed by atoms with van der Waals surface area (Å²) in [6.07, 6.45) is 1.33. The highest BCUT2D eigenvalue weighted by atomic mass is 32.1. The molecule has 4 nitrogen and oxygen atoms in total. The second-order valence-corrected chi connectivity index (χ2v) is 6.29. The molecule has 1 aliphatic rings. The minimum atomic E-state index is -0.150. The van der Waals surface area contributed by atoms with Crippen molar-refractivity contribution < 1.29 is 9.84 Å². The van der Waals surface area contributed by atoms with Crippen molar-refractivity contribution in [3.05, 3.63) is 29.8 Å². The van der Waals surface area contributed by atoms with Gasteiger partial charge in [-0.3, -0.25) is 4.90 Å². The number of aliphatic hydroxyl groups is 1. The second kappa shape index (κ2) is 7.73. The number of ether oxygens (including phenoxy) is 1. The lowest BCUT2D eigenvalue weighted by atomic mass is 9.97. The average molecular weight is 308 g/mol. The third-order valence-electron chi connectivity index (χ3n) is 3.92. The summed E-state index contributed by atoms with van der Waals surface area (Å²) >= 11 is 4.89. The van der Waals surface area contributed by atoms with E-state index in [1.807, 2.05) is 24.3 Å². The summed E-state index contributed by atoms with van der Waals surface area (Å²) in [6, 6.07) is 7.90. The predicted molar refractivity (Wildman–Crippen MR) is 88.7 cm³/mol. The van der Waals surface area contributed by atoms with Crippen LogP contribution in [0.1, 0.15) is 18.9 Å². The zero-order chi connectivity index (χ0) is 15.2. The lowest BCUT2D eigenvalue weighted by Crippen LogP contribution is -2.43. The van der Waals surface area contributed by atoms with Crippen LogP contribution in [0.5, 0.6) is 5.75 Å². The summed E-state index contributed by atoms with van der Waals surface area (Å²) < 4.78 is 5.76. The normalized spacial score (nSPS) is 23.0. The predicted octanol–water partition coefficient (Wildman–Crippen LogP) is 1.60. The van der Waals surface area contributed by atoms with E-state index in [2.05, 4.69) is 11.8 Å². The maximum absolute atomic E-state index is 9.71. The van der Waals surface area contributed by atoms with E-state index in [0.717, 1.165) is 37.4 Å². The van der Waals surface area contributed by atoms with Gasteiger partial charge in [0.2, 0.25) is 0 Å². The Morgan fingerprint density at radius 2 is 2.14 bits per heavy atom. The number of rotatable bonds is 6. The van der Waals surface area contributed by atoms with Gasteiger partial charge in [-0.1, -0.05) is 31.3 Å². The van der Waals surface area contributed by atoms with Gasteiger partial charge in [-0.25, -0.2) is 0 Å². The number of benzene rings is 1. The third kappa shape index (κ3) is 5.26. The fourth-order valence-electron chi connectivity index (χ4n) is 2.62. The molecule has 1 heterocycles. The Kier molecular flexibility index (Phi) is 5.96. The number of hydrogen-bond acceptors (Lipinski definition) is 4. The summed E-state index contributed by atoms with van der Waals surface area (Å²) in [5.74, 6) is 1.21. The van der Waals surface area contributed by atoms with Crippen LogP contribution in [0.25, 0.3) is 0 Å². The van der Waals surface area contributed by atoms with E-state index in [1.165, 1.54) is 0 Å². The fourth-order valence-corrected chi connectivity index (χ4v) is 2.79. The van der Waals surface area contributed by atoms with Gasteiger partial charge in [0.1, 0.15) is 12.4 Å². The van der Waals surface area contributed by atoms with Crippen LogP contribution in [0.3, 0.4) is 0 Å². The number of thiocarbonyl (C=S) groups is 1. The molecule has 2 rings (SSSR count). The molecule has 0 bridgehead atoms. The van der Waals surface area contributed by atoms with Crippen molar-refractivity contribution in [3.8, 4) is 5.75 Å². The number of nitrogens with zero attached hydrogens (tertiary/aromatic N) is 1. The first kappa shape index (κ1) is 16.2. The topological polar surface area (TPSA) is 58.7 Å². The first-order chi connectivity index (χ1) is 10.0. The summed E-state index contributed by atoms with van der Waals surface area (Å²) in [5.41, 5.74) is 6.63. The largest absolute Gasteiger partial charge is 0.492 e. The molecule has 0 spiro atoms. The first-order valence-electron chi connectivity index (χ1n) is 7.45. The second-order valence-electron chi connectivity index (χ2n) is 5.77. The van der Waals surface area contributed by atoms with Crippen molar-refractivity contribution in [1.29, 1.82) is 0 Å². The van der Waals surface area contributed by atoms with E-state index < -0.39 is 0 Å². The fraction of sp³-hybridized carbons (Fsp3) is 0.562. The Morgan fingerprint density at radius 1 is 1.43 bits per heavy atom. The first-order valence-corrected chi connectivity index (χ1v) is 7.86. The lowest BCUT2D eigenvalue weighted by molar-refractivity contribution is 0.0304. The quantitative estimate of drug-likeness (QED) is 0.782. The van der Waals surface area contributed by atoms with Gasteiger partial charge in [0, 0.05) is 26.1 Å². The molecule has 1 fully saturated rings. The highest BCUT2D eigenvalue weighted by Crippen LogP contribution is 2.17. The minimum absolute atomic E-state index is 0.150. The molecule has 1 saturated heterocycles. The molecule has 21 heavy (non-hydrogen) atoms. The molecule has 0 aliphatic carbocycles. The van der Waals surface area contributed by atoms with E-state index in [0.29, 0.717) is 23.9 Å². The molecule has 1 aromatic carbocycles. The molecule has 2 unspecified atom stereocenters. The Hall–Kier alpha value is -1.17. The van der Waals surface area contributed by atoms with Crippen molar-refractivity contribution in [2.75, 3.05) is 26.2 Å². The smallest absolute Gasteiger partial charge is 0.119 e. The molecular weight excluding hydrogens is 284 g/mol. The van der Waals surface area contributed by atoms with Gasteiger partial charge < -0.3 is 15.6 Å². The van der Waals surface area contributed by atoms with Crippen molar-refractivity contribution in [2.24, 2.45) is 11.7 Å². The van der Waals surface area contributed by atoms with E-state index >= 15 is 0 Å². The molecule has 5 heteroatoms. The van der Waals surface area contributed by atoms with Gasteiger partial charge in [-0.05, 0) is 30.0 Å². The van der Waals surface area contributed by atoms with E-state index in [1.54, 1.807) is 0 Å². The maximum atomic E-state index is 9.71. The molecule has 1 aliphatic heterocycles. The molecule has 0 aromatic heterocycles. The third-order valence-corrected chi connectivity index (χ3v) is 4.07. The Morgan fingerprint density at radius 3 is 2.76 bits per heavy atom. The van der Waals surface area contributed by atoms with Crippen molar-refractivity contribution in [1.82, 2.24) is 4.90 Å². The molecule has 2 atom stereocenters. The van der Waals surface area contributed by atoms with Crippen molar-refractivity contribution >= 4 is 17.2 Å². The van der Waals surface area contributed by atoms with E-state index in [-0.39, 0.29) is 6.10 Å². The zero-order valence-corrected chi connectivity index (χ0v) is 13.3. The number of piperidine rings is 1. The highest BCUT2D eigenvalue weighted by molar-refractivity contribution is 7.80. The van der Waals surface area contributed by atoms with Crippen LogP contribution in [0, 0.1) is 5.92 Å². The number of hydrogen-bond donors (Lipinski definition) is 2. The molecule has 3 N–H and O–H groups in total. The molecule has 0 radical (unpaired) electrons. The SMILES string of the molecule is CC1CN(CCOc2ccc(CC(N)=S)cc2)CCC1O. The molecule has 0 amide bonds. The van der Waals surface area contributed by atoms with Gasteiger partial charge in [0.25, 0.3) is 0 Å². The van der Waals surface area contributed by atoms with Gasteiger partial charge in [-0.2, -0.15) is 0 Å². The average Bonchev–Trinajstić information content (AvgIpc) is 2.44. The zero-order valence-electron chi connectivity index (χ0n) is 12.5. The lowest BCUT2D eigenvalue weighted by Gasteiger charge is -2.34. The molecule has 1 aromatic rings. The van der Waals surface area contributed by atoms with Crippen molar-refractivity contribution in [2.45, 2.75) is 25.9 Å². The summed E-state index contributed by atoms with van der Waals surface area (Å²) in [4.78, 5) is 2.85. The van der Waals surface area contributed by atoms with Crippen LogP contribution in [0.15, 0.2) is 24.3 Å². The Balaban J connectivity index is 1.72. The van der Waals surface area contributed by atoms with Gasteiger partial charge in [0.05, 0.1) is 11.1 Å². The van der Waals surface area contributed by atoms with Crippen LogP contribution < -0.4 is 10.5 Å². The van der Waals surface area contributed by atoms with Gasteiger partial charge in [-0.15, -0.1) is 0 Å². The highest BCUT2D eigenvalue weighted by Gasteiger charge is 2.23. The maximum Gasteiger partial charge on any atom is 0.119 e. The minimum Gasteiger partial charge on any atom is -0.492 e. The molecule has 0 saturated carbocycles. The van der Waals surface area contributed by atoms with Gasteiger partial charge >= 0.3 is 0 Å². The van der Waals surface area contributed by atoms with Crippen LogP contribution in [0.4, 0.5) is 0 Å². The van der Waals surface area contributed by atoms with E-state index in [9.17, 15) is 5.11 Å². The molecule has 116 valence electrons. The number of nitrogens with two attached hydrogens (primary N) is 1. The standard InChI is InChI=1S/C16H24N2O2S/c1-12-11-18(7-6-15(12)19)8-9-20-14-4-2-13(3-5-14)10-16(17)21/h2-5,12,15,19H,6-11H2,1H3,(H2,17,21). The Labute approximate surface area is 131 Å². The monoisotopic (exact) mass is 308 g/mol. The number of likely N-dealkylation sites (tertiary alicyclic amines) is 1. The van der Waals surface area contributed by atoms with Crippen LogP contribution in [0.2, 0.25) is 0 Å². The van der Waals surface area contributed by atoms with Crippen LogP contribution in [-0.2, 0) is 6.42 Å². The van der Waals surface area contributed by atoms with Crippen LogP contribution >= 0.6 is 12.2 Å². The van der Waals surface area contributed by atoms with Gasteiger partial charge in [0.15, 0.2) is 0 Å².